The SMILES string of the molecule is CC(NC(=O)c1ccnc(NC(=O)C2CC2)n1)c1ccc(OCF)cc1. The lowest BCUT2D eigenvalue weighted by molar-refractivity contribution is -0.117. The van der Waals surface area contributed by atoms with E-state index in [0.29, 0.717) is 5.75 Å². The van der Waals surface area contributed by atoms with Crippen molar-refractivity contribution in [2.45, 2.75) is 25.8 Å². The number of anilines is 1. The van der Waals surface area contributed by atoms with Gasteiger partial charge in [-0.05, 0) is 43.5 Å². The van der Waals surface area contributed by atoms with Crippen LogP contribution in [-0.4, -0.2) is 28.6 Å². The van der Waals surface area contributed by atoms with Crippen molar-refractivity contribution in [3.05, 3.63) is 47.8 Å². The van der Waals surface area contributed by atoms with Crippen molar-refractivity contribution in [1.82, 2.24) is 15.3 Å². The summed E-state index contributed by atoms with van der Waals surface area (Å²) in [5.41, 5.74) is 0.996. The van der Waals surface area contributed by atoms with Gasteiger partial charge in [-0.1, -0.05) is 12.1 Å². The van der Waals surface area contributed by atoms with E-state index in [9.17, 15) is 14.0 Å². The van der Waals surface area contributed by atoms with E-state index in [1.165, 1.54) is 12.3 Å². The molecule has 3 rings (SSSR count). The number of rotatable bonds is 7. The summed E-state index contributed by atoms with van der Waals surface area (Å²) in [6.45, 7) is 0.929. The standard InChI is InChI=1S/C18H19FN4O3/c1-11(12-4-6-14(7-5-12)26-10-19)21-17(25)15-8-9-20-18(22-15)23-16(24)13-2-3-13/h4-9,11,13H,2-3,10H2,1H3,(H,21,25)(H,20,22,23,24). The van der Waals surface area contributed by atoms with Gasteiger partial charge in [0, 0.05) is 12.1 Å². The smallest absolute Gasteiger partial charge is 0.270 e. The summed E-state index contributed by atoms with van der Waals surface area (Å²) in [4.78, 5) is 32.2. The second-order valence-corrected chi connectivity index (χ2v) is 6.05. The van der Waals surface area contributed by atoms with E-state index in [-0.39, 0.29) is 35.4 Å². The number of nitrogens with one attached hydrogen (secondary N) is 2. The number of benzene rings is 1. The molecule has 2 amide bonds. The van der Waals surface area contributed by atoms with Crippen molar-refractivity contribution in [2.75, 3.05) is 12.2 Å². The molecule has 26 heavy (non-hydrogen) atoms. The Morgan fingerprint density at radius 3 is 2.65 bits per heavy atom. The molecule has 136 valence electrons. The number of hydrogen-bond donors (Lipinski definition) is 2. The first-order valence-corrected chi connectivity index (χ1v) is 8.30. The van der Waals surface area contributed by atoms with Crippen molar-refractivity contribution < 1.29 is 18.7 Å². The normalized spacial score (nSPS) is 14.4. The van der Waals surface area contributed by atoms with Gasteiger partial charge in [0.05, 0.1) is 6.04 Å². The second kappa shape index (κ2) is 7.90. The zero-order valence-corrected chi connectivity index (χ0v) is 14.2. The largest absolute Gasteiger partial charge is 0.463 e. The average Bonchev–Trinajstić information content (AvgIpc) is 3.48. The van der Waals surface area contributed by atoms with Crippen molar-refractivity contribution in [3.63, 3.8) is 0 Å². The summed E-state index contributed by atoms with van der Waals surface area (Å²) in [6, 6.07) is 7.95. The molecule has 1 aliphatic carbocycles. The van der Waals surface area contributed by atoms with Crippen molar-refractivity contribution in [1.29, 1.82) is 0 Å². The highest BCUT2D eigenvalue weighted by molar-refractivity contribution is 5.95. The molecule has 1 atom stereocenters. The van der Waals surface area contributed by atoms with Crippen molar-refractivity contribution in [3.8, 4) is 5.75 Å². The Morgan fingerprint density at radius 2 is 2.00 bits per heavy atom. The highest BCUT2D eigenvalue weighted by Crippen LogP contribution is 2.29. The van der Waals surface area contributed by atoms with Crippen LogP contribution in [0.4, 0.5) is 10.3 Å². The maximum Gasteiger partial charge on any atom is 0.270 e. The second-order valence-electron chi connectivity index (χ2n) is 6.05. The zero-order valence-electron chi connectivity index (χ0n) is 14.2. The molecule has 0 saturated heterocycles. The minimum Gasteiger partial charge on any atom is -0.463 e. The Balaban J connectivity index is 1.62. The lowest BCUT2D eigenvalue weighted by Crippen LogP contribution is -2.28. The lowest BCUT2D eigenvalue weighted by atomic mass is 10.1. The van der Waals surface area contributed by atoms with Crippen LogP contribution in [0.2, 0.25) is 0 Å². The van der Waals surface area contributed by atoms with Gasteiger partial charge in [0.15, 0.2) is 0 Å². The summed E-state index contributed by atoms with van der Waals surface area (Å²) >= 11 is 0. The van der Waals surface area contributed by atoms with Crippen LogP contribution in [0.15, 0.2) is 36.5 Å². The molecule has 2 aromatic rings. The molecule has 1 aromatic carbocycles. The molecule has 0 radical (unpaired) electrons. The minimum atomic E-state index is -0.890. The van der Waals surface area contributed by atoms with Gasteiger partial charge in [0.2, 0.25) is 18.7 Å². The van der Waals surface area contributed by atoms with Gasteiger partial charge in [0.25, 0.3) is 5.91 Å². The third-order valence-electron chi connectivity index (χ3n) is 4.02. The maximum atomic E-state index is 12.4. The van der Waals surface area contributed by atoms with Gasteiger partial charge in [-0.15, -0.1) is 0 Å². The molecule has 0 aliphatic heterocycles. The highest BCUT2D eigenvalue weighted by Gasteiger charge is 2.30. The van der Waals surface area contributed by atoms with E-state index in [2.05, 4.69) is 20.6 Å². The van der Waals surface area contributed by atoms with Crippen LogP contribution in [0.3, 0.4) is 0 Å². The zero-order chi connectivity index (χ0) is 18.5. The third-order valence-corrected chi connectivity index (χ3v) is 4.02. The fourth-order valence-electron chi connectivity index (χ4n) is 2.37. The van der Waals surface area contributed by atoms with E-state index < -0.39 is 6.86 Å². The number of carbonyl (C=O) groups is 2. The predicted octanol–water partition coefficient (Wildman–Crippen LogP) is 2.62. The summed E-state index contributed by atoms with van der Waals surface area (Å²) in [7, 11) is 0. The first-order valence-electron chi connectivity index (χ1n) is 8.30. The van der Waals surface area contributed by atoms with E-state index in [1.807, 2.05) is 6.92 Å². The number of alkyl halides is 1. The number of halogens is 1. The van der Waals surface area contributed by atoms with Gasteiger partial charge >= 0.3 is 0 Å². The van der Waals surface area contributed by atoms with Crippen LogP contribution < -0.4 is 15.4 Å². The van der Waals surface area contributed by atoms with Gasteiger partial charge < -0.3 is 10.1 Å². The van der Waals surface area contributed by atoms with Crippen LogP contribution in [0.25, 0.3) is 0 Å². The molecule has 0 spiro atoms. The van der Waals surface area contributed by atoms with Gasteiger partial charge in [-0.2, -0.15) is 0 Å². The number of nitrogens with zero attached hydrogens (tertiary/aromatic N) is 2. The Hall–Kier alpha value is -3.03. The molecular weight excluding hydrogens is 339 g/mol. The number of carbonyl (C=O) groups excluding carboxylic acids is 2. The first-order chi connectivity index (χ1) is 12.6. The highest BCUT2D eigenvalue weighted by atomic mass is 19.1. The van der Waals surface area contributed by atoms with Crippen LogP contribution in [-0.2, 0) is 4.79 Å². The molecule has 1 aliphatic rings. The average molecular weight is 358 g/mol. The van der Waals surface area contributed by atoms with Gasteiger partial charge in [-0.3, -0.25) is 14.9 Å². The minimum absolute atomic E-state index is 0.0282. The van der Waals surface area contributed by atoms with Crippen molar-refractivity contribution in [2.24, 2.45) is 5.92 Å². The molecular formula is C18H19FN4O3. The third kappa shape index (κ3) is 4.53. The Morgan fingerprint density at radius 1 is 1.27 bits per heavy atom. The molecule has 1 aromatic heterocycles. The molecule has 0 bridgehead atoms. The summed E-state index contributed by atoms with van der Waals surface area (Å²) in [5, 5.41) is 5.44. The van der Waals surface area contributed by atoms with E-state index >= 15 is 0 Å². The molecule has 1 heterocycles. The monoisotopic (exact) mass is 358 g/mol. The number of ether oxygens (including phenoxy) is 1. The molecule has 1 fully saturated rings. The Bertz CT molecular complexity index is 793. The van der Waals surface area contributed by atoms with Gasteiger partial charge in [-0.25, -0.2) is 14.4 Å². The van der Waals surface area contributed by atoms with E-state index in [4.69, 9.17) is 4.74 Å². The van der Waals surface area contributed by atoms with Gasteiger partial charge in [0.1, 0.15) is 11.4 Å². The predicted molar refractivity (Wildman–Crippen MR) is 92.3 cm³/mol. The number of aromatic nitrogens is 2. The molecule has 1 saturated carbocycles. The van der Waals surface area contributed by atoms with Crippen LogP contribution in [0, 0.1) is 5.92 Å². The van der Waals surface area contributed by atoms with Crippen LogP contribution in [0.1, 0.15) is 41.9 Å². The Kier molecular flexibility index (Phi) is 5.40. The summed E-state index contributed by atoms with van der Waals surface area (Å²) in [5.74, 6) is 0.0643. The van der Waals surface area contributed by atoms with Crippen LogP contribution in [0.5, 0.6) is 5.75 Å². The van der Waals surface area contributed by atoms with E-state index in [1.54, 1.807) is 24.3 Å². The quantitative estimate of drug-likeness (QED) is 0.794. The number of amides is 2. The summed E-state index contributed by atoms with van der Waals surface area (Å²) < 4.78 is 16.9. The topological polar surface area (TPSA) is 93.2 Å². The lowest BCUT2D eigenvalue weighted by Gasteiger charge is -2.14. The molecule has 2 N–H and O–H groups in total. The maximum absolute atomic E-state index is 12.4. The fraction of sp³-hybridized carbons (Fsp3) is 0.333. The molecule has 1 unspecified atom stereocenters. The number of hydrogen-bond acceptors (Lipinski definition) is 5. The fourth-order valence-corrected chi connectivity index (χ4v) is 2.37. The first kappa shape index (κ1) is 17.8. The van der Waals surface area contributed by atoms with Crippen molar-refractivity contribution >= 4 is 17.8 Å². The Labute approximate surface area is 150 Å². The molecule has 7 nitrogen and oxygen atoms in total. The molecule has 8 heteroatoms. The summed E-state index contributed by atoms with van der Waals surface area (Å²) in [6.07, 6.45) is 3.18. The van der Waals surface area contributed by atoms with Crippen LogP contribution >= 0.6 is 0 Å². The van der Waals surface area contributed by atoms with E-state index in [0.717, 1.165) is 18.4 Å².